The maximum Gasteiger partial charge on any atom is 0.326 e. The molecule has 1 heterocycles. The predicted molar refractivity (Wildman–Crippen MR) is 72.3 cm³/mol. The SMILES string of the molecule is CSCCC(NC(=O)c1cc(Cl)cn1C)C(=O)O. The molecule has 1 rings (SSSR count). The summed E-state index contributed by atoms with van der Waals surface area (Å²) in [5, 5.41) is 11.9. The lowest BCUT2D eigenvalue weighted by Gasteiger charge is -2.14. The quantitative estimate of drug-likeness (QED) is 0.835. The number of thioether (sulfide) groups is 1. The van der Waals surface area contributed by atoms with Gasteiger partial charge in [-0.05, 0) is 24.5 Å². The topological polar surface area (TPSA) is 71.3 Å². The number of aryl methyl sites for hydroxylation is 1. The zero-order chi connectivity index (χ0) is 13.7. The molecule has 1 atom stereocenters. The Labute approximate surface area is 114 Å². The fraction of sp³-hybridized carbons (Fsp3) is 0.455. The van der Waals surface area contributed by atoms with E-state index in [1.54, 1.807) is 17.8 Å². The molecule has 1 amide bonds. The van der Waals surface area contributed by atoms with Crippen LogP contribution in [0.2, 0.25) is 5.02 Å². The highest BCUT2D eigenvalue weighted by Gasteiger charge is 2.21. The van der Waals surface area contributed by atoms with Crippen molar-refractivity contribution in [2.45, 2.75) is 12.5 Å². The zero-order valence-corrected chi connectivity index (χ0v) is 11.7. The van der Waals surface area contributed by atoms with Gasteiger partial charge in [0.15, 0.2) is 0 Å². The summed E-state index contributed by atoms with van der Waals surface area (Å²) in [6.07, 6.45) is 3.87. The Morgan fingerprint density at radius 3 is 2.72 bits per heavy atom. The molecule has 18 heavy (non-hydrogen) atoms. The molecule has 0 saturated carbocycles. The zero-order valence-electron chi connectivity index (χ0n) is 10.1. The number of nitrogens with one attached hydrogen (secondary N) is 1. The first-order valence-corrected chi connectivity index (χ1v) is 7.07. The van der Waals surface area contributed by atoms with Gasteiger partial charge in [0.1, 0.15) is 11.7 Å². The molecule has 5 nitrogen and oxygen atoms in total. The summed E-state index contributed by atoms with van der Waals surface area (Å²) in [5.41, 5.74) is 0.343. The van der Waals surface area contributed by atoms with Crippen LogP contribution in [0.25, 0.3) is 0 Å². The number of amides is 1. The molecule has 1 aromatic rings. The van der Waals surface area contributed by atoms with Crippen molar-refractivity contribution in [3.63, 3.8) is 0 Å². The van der Waals surface area contributed by atoms with E-state index >= 15 is 0 Å². The Balaban J connectivity index is 2.72. The third-order valence-corrected chi connectivity index (χ3v) is 3.27. The number of carboxylic acids is 1. The monoisotopic (exact) mass is 290 g/mol. The van der Waals surface area contributed by atoms with Crippen LogP contribution in [0.15, 0.2) is 12.3 Å². The summed E-state index contributed by atoms with van der Waals surface area (Å²) in [4.78, 5) is 22.9. The first kappa shape index (κ1) is 14.9. The summed E-state index contributed by atoms with van der Waals surface area (Å²) in [7, 11) is 1.68. The number of carbonyl (C=O) groups excluding carboxylic acids is 1. The molecular weight excluding hydrogens is 276 g/mol. The summed E-state index contributed by atoms with van der Waals surface area (Å²) in [6.45, 7) is 0. The number of aromatic nitrogens is 1. The lowest BCUT2D eigenvalue weighted by atomic mass is 10.2. The minimum Gasteiger partial charge on any atom is -0.480 e. The Kier molecular flexibility index (Phi) is 5.55. The van der Waals surface area contributed by atoms with Gasteiger partial charge in [-0.15, -0.1) is 0 Å². The Morgan fingerprint density at radius 1 is 1.61 bits per heavy atom. The van der Waals surface area contributed by atoms with Crippen molar-refractivity contribution in [2.24, 2.45) is 7.05 Å². The highest BCUT2D eigenvalue weighted by molar-refractivity contribution is 7.98. The van der Waals surface area contributed by atoms with Crippen molar-refractivity contribution in [2.75, 3.05) is 12.0 Å². The van der Waals surface area contributed by atoms with Gasteiger partial charge in [0, 0.05) is 13.2 Å². The molecule has 0 aliphatic heterocycles. The normalized spacial score (nSPS) is 12.2. The number of nitrogens with zero attached hydrogens (tertiary/aromatic N) is 1. The fourth-order valence-corrected chi connectivity index (χ4v) is 2.20. The largest absolute Gasteiger partial charge is 0.480 e. The number of hydrogen-bond acceptors (Lipinski definition) is 3. The minimum absolute atomic E-state index is 0.343. The molecular formula is C11H15ClN2O3S. The van der Waals surface area contributed by atoms with Gasteiger partial charge in [-0.25, -0.2) is 4.79 Å². The maximum absolute atomic E-state index is 11.9. The molecule has 0 saturated heterocycles. The van der Waals surface area contributed by atoms with Crippen molar-refractivity contribution in [1.82, 2.24) is 9.88 Å². The van der Waals surface area contributed by atoms with Crippen LogP contribution in [0.3, 0.4) is 0 Å². The van der Waals surface area contributed by atoms with E-state index in [-0.39, 0.29) is 0 Å². The molecule has 0 aromatic carbocycles. The van der Waals surface area contributed by atoms with Gasteiger partial charge in [0.05, 0.1) is 5.02 Å². The van der Waals surface area contributed by atoms with Gasteiger partial charge in [-0.3, -0.25) is 4.79 Å². The van der Waals surface area contributed by atoms with Crippen LogP contribution in [0, 0.1) is 0 Å². The average Bonchev–Trinajstić information content (AvgIpc) is 2.63. The van der Waals surface area contributed by atoms with E-state index in [0.717, 1.165) is 0 Å². The van der Waals surface area contributed by atoms with E-state index in [1.807, 2.05) is 6.26 Å². The standard InChI is InChI=1S/C11H15ClN2O3S/c1-14-6-7(12)5-9(14)10(15)13-8(11(16)17)3-4-18-2/h5-6,8H,3-4H2,1-2H3,(H,13,15)(H,16,17). The third kappa shape index (κ3) is 3.96. The van der Waals surface area contributed by atoms with E-state index in [1.165, 1.54) is 17.8 Å². The Bertz CT molecular complexity index is 447. The average molecular weight is 291 g/mol. The van der Waals surface area contributed by atoms with Crippen LogP contribution < -0.4 is 5.32 Å². The van der Waals surface area contributed by atoms with Gasteiger partial charge in [-0.2, -0.15) is 11.8 Å². The smallest absolute Gasteiger partial charge is 0.326 e. The lowest BCUT2D eigenvalue weighted by Crippen LogP contribution is -2.41. The number of aliphatic carboxylic acids is 1. The first-order valence-electron chi connectivity index (χ1n) is 5.30. The Hall–Kier alpha value is -1.14. The second-order valence-electron chi connectivity index (χ2n) is 3.80. The molecule has 0 spiro atoms. The molecule has 0 bridgehead atoms. The van der Waals surface area contributed by atoms with Gasteiger partial charge in [0.2, 0.25) is 0 Å². The molecule has 0 aliphatic carbocycles. The Morgan fingerprint density at radius 2 is 2.28 bits per heavy atom. The van der Waals surface area contributed by atoms with Crippen molar-refractivity contribution in [3.8, 4) is 0 Å². The van der Waals surface area contributed by atoms with Crippen LogP contribution in [0.4, 0.5) is 0 Å². The first-order chi connectivity index (χ1) is 8.45. The van der Waals surface area contributed by atoms with E-state index in [9.17, 15) is 9.59 Å². The van der Waals surface area contributed by atoms with Gasteiger partial charge in [-0.1, -0.05) is 11.6 Å². The highest BCUT2D eigenvalue weighted by Crippen LogP contribution is 2.13. The lowest BCUT2D eigenvalue weighted by molar-refractivity contribution is -0.139. The van der Waals surface area contributed by atoms with Crippen LogP contribution in [0.1, 0.15) is 16.9 Å². The third-order valence-electron chi connectivity index (χ3n) is 2.42. The number of hydrogen-bond donors (Lipinski definition) is 2. The molecule has 0 aliphatic rings. The van der Waals surface area contributed by atoms with Gasteiger partial charge in [0.25, 0.3) is 5.91 Å². The number of carboxylic acid groups (broad SMARTS) is 1. The molecule has 100 valence electrons. The van der Waals surface area contributed by atoms with Gasteiger partial charge >= 0.3 is 5.97 Å². The van der Waals surface area contributed by atoms with Crippen LogP contribution in [0.5, 0.6) is 0 Å². The van der Waals surface area contributed by atoms with E-state index in [4.69, 9.17) is 16.7 Å². The van der Waals surface area contributed by atoms with Crippen molar-refractivity contribution < 1.29 is 14.7 Å². The van der Waals surface area contributed by atoms with E-state index < -0.39 is 17.9 Å². The summed E-state index contributed by atoms with van der Waals surface area (Å²) >= 11 is 7.31. The van der Waals surface area contributed by atoms with Gasteiger partial charge < -0.3 is 15.0 Å². The predicted octanol–water partition coefficient (Wildman–Crippen LogP) is 1.61. The summed E-state index contributed by atoms with van der Waals surface area (Å²) in [5.74, 6) is -0.791. The number of rotatable bonds is 6. The maximum atomic E-state index is 11.9. The second kappa shape index (κ2) is 6.70. The van der Waals surface area contributed by atoms with Crippen LogP contribution in [-0.4, -0.2) is 39.6 Å². The number of carbonyl (C=O) groups is 2. The minimum atomic E-state index is -1.03. The van der Waals surface area contributed by atoms with E-state index in [0.29, 0.717) is 22.9 Å². The van der Waals surface area contributed by atoms with Crippen molar-refractivity contribution in [3.05, 3.63) is 23.0 Å². The molecule has 0 radical (unpaired) electrons. The number of halogens is 1. The van der Waals surface area contributed by atoms with Crippen LogP contribution >= 0.6 is 23.4 Å². The molecule has 1 unspecified atom stereocenters. The van der Waals surface area contributed by atoms with Crippen LogP contribution in [-0.2, 0) is 11.8 Å². The summed E-state index contributed by atoms with van der Waals surface area (Å²) < 4.78 is 1.56. The molecule has 0 fully saturated rings. The van der Waals surface area contributed by atoms with E-state index in [2.05, 4.69) is 5.32 Å². The molecule has 7 heteroatoms. The molecule has 2 N–H and O–H groups in total. The molecule has 1 aromatic heterocycles. The fourth-order valence-electron chi connectivity index (χ4n) is 1.48. The highest BCUT2D eigenvalue weighted by atomic mass is 35.5. The van der Waals surface area contributed by atoms with Crippen molar-refractivity contribution in [1.29, 1.82) is 0 Å². The second-order valence-corrected chi connectivity index (χ2v) is 5.22. The summed E-state index contributed by atoms with van der Waals surface area (Å²) in [6, 6.07) is 0.628. The van der Waals surface area contributed by atoms with Crippen molar-refractivity contribution >= 4 is 35.2 Å².